The van der Waals surface area contributed by atoms with Crippen LogP contribution in [0.3, 0.4) is 0 Å². The number of aryl methyl sites for hydroxylation is 3. The van der Waals surface area contributed by atoms with Crippen molar-refractivity contribution in [1.29, 1.82) is 0 Å². The number of carbonyl (C=O) groups excluding carboxylic acids is 2. The van der Waals surface area contributed by atoms with E-state index in [2.05, 4.69) is 5.32 Å². The van der Waals surface area contributed by atoms with Crippen LogP contribution in [-0.2, 0) is 4.79 Å². The molecular formula is C23H23FN2O2S. The number of hydrogen-bond donors (Lipinski definition) is 1. The first kappa shape index (κ1) is 20.7. The highest BCUT2D eigenvalue weighted by Gasteiger charge is 2.18. The zero-order valence-corrected chi connectivity index (χ0v) is 17.7. The molecule has 0 unspecified atom stereocenters. The highest BCUT2D eigenvalue weighted by molar-refractivity contribution is 7.17. The number of anilines is 1. The highest BCUT2D eigenvalue weighted by Crippen LogP contribution is 2.29. The van der Waals surface area contributed by atoms with Gasteiger partial charge in [-0.05, 0) is 61.7 Å². The Bertz CT molecular complexity index is 1030. The van der Waals surface area contributed by atoms with Gasteiger partial charge < -0.3 is 10.2 Å². The molecule has 0 aliphatic carbocycles. The van der Waals surface area contributed by atoms with E-state index in [1.54, 1.807) is 25.2 Å². The van der Waals surface area contributed by atoms with Crippen LogP contribution in [0, 0.1) is 26.6 Å². The van der Waals surface area contributed by atoms with Crippen LogP contribution in [0.15, 0.2) is 48.5 Å². The molecule has 3 rings (SSSR count). The summed E-state index contributed by atoms with van der Waals surface area (Å²) in [5.74, 6) is -0.770. The molecule has 0 bridgehead atoms. The maximum Gasteiger partial charge on any atom is 0.264 e. The number of hydrogen-bond acceptors (Lipinski definition) is 3. The number of halogens is 1. The molecule has 6 heteroatoms. The molecular weight excluding hydrogens is 387 g/mol. The standard InChI is InChI=1S/C23H23FN2O2S/c1-14-11-15(2)22(16(3)12-14)25-21(27)13-26(4)23(28)20-10-9-19(29-20)17-5-7-18(24)8-6-17/h5-12H,13H2,1-4H3,(H,25,27). The quantitative estimate of drug-likeness (QED) is 0.629. The van der Waals surface area contributed by atoms with Gasteiger partial charge in [-0.2, -0.15) is 0 Å². The van der Waals surface area contributed by atoms with Crippen molar-refractivity contribution in [3.8, 4) is 10.4 Å². The van der Waals surface area contributed by atoms with Crippen LogP contribution in [-0.4, -0.2) is 30.3 Å². The summed E-state index contributed by atoms with van der Waals surface area (Å²) in [5.41, 5.74) is 4.76. The van der Waals surface area contributed by atoms with Crippen LogP contribution in [0.5, 0.6) is 0 Å². The minimum atomic E-state index is -0.300. The van der Waals surface area contributed by atoms with Crippen LogP contribution in [0.1, 0.15) is 26.4 Å². The zero-order chi connectivity index (χ0) is 21.1. The Labute approximate surface area is 174 Å². The Kier molecular flexibility index (Phi) is 6.13. The second-order valence-electron chi connectivity index (χ2n) is 7.15. The fraction of sp³-hybridized carbons (Fsp3) is 0.217. The summed E-state index contributed by atoms with van der Waals surface area (Å²) in [7, 11) is 1.61. The maximum absolute atomic E-state index is 13.1. The summed E-state index contributed by atoms with van der Waals surface area (Å²) in [6.45, 7) is 5.87. The summed E-state index contributed by atoms with van der Waals surface area (Å²) >= 11 is 1.32. The van der Waals surface area contributed by atoms with E-state index in [-0.39, 0.29) is 24.2 Å². The summed E-state index contributed by atoms with van der Waals surface area (Å²) in [6.07, 6.45) is 0. The summed E-state index contributed by atoms with van der Waals surface area (Å²) in [6, 6.07) is 13.7. The largest absolute Gasteiger partial charge is 0.332 e. The molecule has 0 spiro atoms. The third kappa shape index (κ3) is 4.90. The van der Waals surface area contributed by atoms with Crippen molar-refractivity contribution in [2.24, 2.45) is 0 Å². The lowest BCUT2D eigenvalue weighted by Gasteiger charge is -2.18. The first-order chi connectivity index (χ1) is 13.7. The Morgan fingerprint density at radius 2 is 1.62 bits per heavy atom. The lowest BCUT2D eigenvalue weighted by Crippen LogP contribution is -2.34. The monoisotopic (exact) mass is 410 g/mol. The van der Waals surface area contributed by atoms with E-state index in [0.29, 0.717) is 4.88 Å². The molecule has 150 valence electrons. The minimum Gasteiger partial charge on any atom is -0.332 e. The molecule has 1 aromatic heterocycles. The van der Waals surface area contributed by atoms with Crippen molar-refractivity contribution < 1.29 is 14.0 Å². The fourth-order valence-corrected chi connectivity index (χ4v) is 4.26. The number of nitrogens with zero attached hydrogens (tertiary/aromatic N) is 1. The maximum atomic E-state index is 13.1. The average molecular weight is 411 g/mol. The third-order valence-corrected chi connectivity index (χ3v) is 5.74. The molecule has 1 N–H and O–H groups in total. The van der Waals surface area contributed by atoms with E-state index in [0.717, 1.165) is 32.8 Å². The summed E-state index contributed by atoms with van der Waals surface area (Å²) in [5, 5.41) is 2.91. The first-order valence-electron chi connectivity index (χ1n) is 9.23. The Balaban J connectivity index is 1.66. The van der Waals surface area contributed by atoms with Crippen LogP contribution in [0.25, 0.3) is 10.4 Å². The van der Waals surface area contributed by atoms with Gasteiger partial charge in [0.05, 0.1) is 11.4 Å². The smallest absolute Gasteiger partial charge is 0.264 e. The van der Waals surface area contributed by atoms with Gasteiger partial charge in [-0.25, -0.2) is 4.39 Å². The fourth-order valence-electron chi connectivity index (χ4n) is 3.25. The van der Waals surface area contributed by atoms with Gasteiger partial charge in [0.1, 0.15) is 5.82 Å². The number of rotatable bonds is 5. The molecule has 0 radical (unpaired) electrons. The molecule has 0 saturated heterocycles. The lowest BCUT2D eigenvalue weighted by atomic mass is 10.1. The van der Waals surface area contributed by atoms with E-state index >= 15 is 0 Å². The van der Waals surface area contributed by atoms with Crippen molar-refractivity contribution in [1.82, 2.24) is 4.90 Å². The lowest BCUT2D eigenvalue weighted by molar-refractivity contribution is -0.116. The first-order valence-corrected chi connectivity index (χ1v) is 10.0. The van der Waals surface area contributed by atoms with Crippen molar-refractivity contribution in [2.75, 3.05) is 18.9 Å². The van der Waals surface area contributed by atoms with E-state index in [1.807, 2.05) is 39.0 Å². The minimum absolute atomic E-state index is 0.0463. The van der Waals surface area contributed by atoms with E-state index in [4.69, 9.17) is 0 Å². The van der Waals surface area contributed by atoms with E-state index in [1.165, 1.54) is 28.4 Å². The Hall–Kier alpha value is -2.99. The van der Waals surface area contributed by atoms with Crippen molar-refractivity contribution >= 4 is 28.8 Å². The number of nitrogens with one attached hydrogen (secondary N) is 1. The van der Waals surface area contributed by atoms with Gasteiger partial charge in [-0.15, -0.1) is 11.3 Å². The molecule has 2 amide bonds. The predicted molar refractivity (Wildman–Crippen MR) is 116 cm³/mol. The molecule has 0 aliphatic heterocycles. The number of amides is 2. The third-order valence-electron chi connectivity index (χ3n) is 4.61. The number of benzene rings is 2. The molecule has 3 aromatic rings. The van der Waals surface area contributed by atoms with Crippen molar-refractivity contribution in [3.05, 3.63) is 75.9 Å². The molecule has 0 fully saturated rings. The Morgan fingerprint density at radius 3 is 2.24 bits per heavy atom. The second-order valence-corrected chi connectivity index (χ2v) is 8.24. The SMILES string of the molecule is Cc1cc(C)c(NC(=O)CN(C)C(=O)c2ccc(-c3ccc(F)cc3)s2)c(C)c1. The summed E-state index contributed by atoms with van der Waals surface area (Å²) < 4.78 is 13.1. The van der Waals surface area contributed by atoms with Crippen LogP contribution >= 0.6 is 11.3 Å². The van der Waals surface area contributed by atoms with Crippen molar-refractivity contribution in [3.63, 3.8) is 0 Å². The molecule has 4 nitrogen and oxygen atoms in total. The van der Waals surface area contributed by atoms with Crippen LogP contribution < -0.4 is 5.32 Å². The topological polar surface area (TPSA) is 49.4 Å². The number of likely N-dealkylation sites (N-methyl/N-ethyl adjacent to an activating group) is 1. The van der Waals surface area contributed by atoms with Gasteiger partial charge in [-0.1, -0.05) is 29.8 Å². The molecule has 0 aliphatic rings. The molecule has 1 heterocycles. The highest BCUT2D eigenvalue weighted by atomic mass is 32.1. The van der Waals surface area contributed by atoms with Gasteiger partial charge in [0.15, 0.2) is 0 Å². The van der Waals surface area contributed by atoms with Crippen LogP contribution in [0.2, 0.25) is 0 Å². The average Bonchev–Trinajstić information content (AvgIpc) is 3.14. The van der Waals surface area contributed by atoms with Gasteiger partial charge in [0, 0.05) is 17.6 Å². The summed E-state index contributed by atoms with van der Waals surface area (Å²) in [4.78, 5) is 28.0. The van der Waals surface area contributed by atoms with Crippen molar-refractivity contribution in [2.45, 2.75) is 20.8 Å². The molecule has 2 aromatic carbocycles. The zero-order valence-electron chi connectivity index (χ0n) is 16.9. The van der Waals surface area contributed by atoms with Gasteiger partial charge >= 0.3 is 0 Å². The molecule has 0 atom stereocenters. The number of carbonyl (C=O) groups is 2. The van der Waals surface area contributed by atoms with Gasteiger partial charge in [0.25, 0.3) is 5.91 Å². The van der Waals surface area contributed by atoms with E-state index < -0.39 is 0 Å². The van der Waals surface area contributed by atoms with E-state index in [9.17, 15) is 14.0 Å². The Morgan fingerprint density at radius 1 is 1.00 bits per heavy atom. The number of thiophene rings is 1. The molecule has 0 saturated carbocycles. The normalized spacial score (nSPS) is 10.7. The van der Waals surface area contributed by atoms with Gasteiger partial charge in [0.2, 0.25) is 5.91 Å². The van der Waals surface area contributed by atoms with Crippen LogP contribution in [0.4, 0.5) is 10.1 Å². The van der Waals surface area contributed by atoms with Gasteiger partial charge in [-0.3, -0.25) is 9.59 Å². The second kappa shape index (κ2) is 8.57. The predicted octanol–water partition coefficient (Wildman–Crippen LogP) is 5.19. The molecule has 29 heavy (non-hydrogen) atoms.